The molecule has 0 fully saturated rings. The van der Waals surface area contributed by atoms with E-state index >= 15 is 0 Å². The van der Waals surface area contributed by atoms with Crippen LogP contribution in [0.25, 0.3) is 0 Å². The molecule has 0 bridgehead atoms. The van der Waals surface area contributed by atoms with Crippen molar-refractivity contribution in [2.75, 3.05) is 11.9 Å². The van der Waals surface area contributed by atoms with Gasteiger partial charge in [0.15, 0.2) is 0 Å². The van der Waals surface area contributed by atoms with E-state index in [0.29, 0.717) is 18.7 Å². The first kappa shape index (κ1) is 14.0. The van der Waals surface area contributed by atoms with Gasteiger partial charge in [-0.3, -0.25) is 4.79 Å². The van der Waals surface area contributed by atoms with Crippen LogP contribution < -0.4 is 10.9 Å². The summed E-state index contributed by atoms with van der Waals surface area (Å²) >= 11 is 5.98. The summed E-state index contributed by atoms with van der Waals surface area (Å²) < 4.78 is 1.35. The van der Waals surface area contributed by atoms with E-state index in [0.717, 1.165) is 6.42 Å². The van der Waals surface area contributed by atoms with Gasteiger partial charge in [0, 0.05) is 19.2 Å². The van der Waals surface area contributed by atoms with E-state index in [1.165, 1.54) is 4.68 Å². The second-order valence-electron chi connectivity index (χ2n) is 3.96. The highest BCUT2D eigenvalue weighted by atomic mass is 35.5. The van der Waals surface area contributed by atoms with E-state index in [4.69, 9.17) is 16.7 Å². The minimum Gasteiger partial charge on any atom is -0.396 e. The summed E-state index contributed by atoms with van der Waals surface area (Å²) in [5.74, 6) is 0. The Balaban J connectivity index is 2.89. The molecule has 0 aliphatic rings. The number of nitrogens with one attached hydrogen (secondary N) is 1. The molecular weight excluding hydrogens is 242 g/mol. The minimum absolute atomic E-state index is 0.0423. The predicted molar refractivity (Wildman–Crippen MR) is 68.6 cm³/mol. The molecule has 1 atom stereocenters. The first-order valence-electron chi connectivity index (χ1n) is 5.73. The Hall–Kier alpha value is -1.07. The van der Waals surface area contributed by atoms with Crippen molar-refractivity contribution < 1.29 is 5.11 Å². The Bertz CT molecular complexity index is 420. The third-order valence-electron chi connectivity index (χ3n) is 2.38. The summed E-state index contributed by atoms with van der Waals surface area (Å²) in [5, 5.41) is 16.0. The van der Waals surface area contributed by atoms with E-state index in [2.05, 4.69) is 10.4 Å². The molecule has 6 heteroatoms. The molecule has 0 aromatic carbocycles. The van der Waals surface area contributed by atoms with Gasteiger partial charge < -0.3 is 10.4 Å². The Morgan fingerprint density at radius 3 is 2.94 bits per heavy atom. The largest absolute Gasteiger partial charge is 0.396 e. The second kappa shape index (κ2) is 6.61. The third kappa shape index (κ3) is 3.71. The van der Waals surface area contributed by atoms with E-state index in [1.807, 2.05) is 13.8 Å². The van der Waals surface area contributed by atoms with Crippen molar-refractivity contribution in [3.05, 3.63) is 21.6 Å². The number of halogens is 1. The van der Waals surface area contributed by atoms with Gasteiger partial charge in [-0.1, -0.05) is 18.5 Å². The molecule has 0 aliphatic carbocycles. The zero-order valence-corrected chi connectivity index (χ0v) is 10.9. The highest BCUT2D eigenvalue weighted by molar-refractivity contribution is 6.32. The number of aromatic nitrogens is 2. The van der Waals surface area contributed by atoms with Crippen LogP contribution in [0.1, 0.15) is 26.7 Å². The Kier molecular flexibility index (Phi) is 5.44. The number of nitrogens with zero attached hydrogens (tertiary/aromatic N) is 2. The van der Waals surface area contributed by atoms with Gasteiger partial charge in [-0.15, -0.1) is 0 Å². The lowest BCUT2D eigenvalue weighted by atomic mass is 10.2. The van der Waals surface area contributed by atoms with Gasteiger partial charge in [0.05, 0.1) is 11.9 Å². The molecular formula is C11H18ClN3O2. The molecule has 1 rings (SSSR count). The van der Waals surface area contributed by atoms with Crippen LogP contribution in [0, 0.1) is 0 Å². The predicted octanol–water partition coefficient (Wildman–Crippen LogP) is 1.49. The van der Waals surface area contributed by atoms with Gasteiger partial charge in [0.25, 0.3) is 5.56 Å². The van der Waals surface area contributed by atoms with Crippen LogP contribution in [0.2, 0.25) is 5.02 Å². The molecule has 0 spiro atoms. The fourth-order valence-corrected chi connectivity index (χ4v) is 1.67. The molecule has 2 N–H and O–H groups in total. The monoisotopic (exact) mass is 259 g/mol. The van der Waals surface area contributed by atoms with Crippen LogP contribution in [0.4, 0.5) is 5.69 Å². The van der Waals surface area contributed by atoms with Crippen molar-refractivity contribution >= 4 is 17.3 Å². The lowest BCUT2D eigenvalue weighted by molar-refractivity contribution is 0.282. The summed E-state index contributed by atoms with van der Waals surface area (Å²) in [5.41, 5.74) is 0.236. The minimum atomic E-state index is -0.283. The standard InChI is InChI=1S/C11H18ClN3O2/c1-3-5-15-11(17)10(12)9(7-13-15)14-8(2)4-6-16/h7-8,14,16H,3-6H2,1-2H3. The summed E-state index contributed by atoms with van der Waals surface area (Å²) in [7, 11) is 0. The van der Waals surface area contributed by atoms with Gasteiger partial charge in [-0.2, -0.15) is 5.10 Å². The first-order valence-corrected chi connectivity index (χ1v) is 6.11. The van der Waals surface area contributed by atoms with E-state index in [1.54, 1.807) is 6.20 Å². The summed E-state index contributed by atoms with van der Waals surface area (Å²) in [6.07, 6.45) is 2.97. The highest BCUT2D eigenvalue weighted by Crippen LogP contribution is 2.16. The van der Waals surface area contributed by atoms with Gasteiger partial charge in [0.1, 0.15) is 5.02 Å². The van der Waals surface area contributed by atoms with Crippen LogP contribution in [0.15, 0.2) is 11.0 Å². The van der Waals surface area contributed by atoms with Crippen LogP contribution in [0.3, 0.4) is 0 Å². The zero-order chi connectivity index (χ0) is 12.8. The SMILES string of the molecule is CCCn1ncc(NC(C)CCO)c(Cl)c1=O. The summed E-state index contributed by atoms with van der Waals surface area (Å²) in [6.45, 7) is 4.53. The van der Waals surface area contributed by atoms with E-state index in [-0.39, 0.29) is 23.2 Å². The molecule has 5 nitrogen and oxygen atoms in total. The molecule has 17 heavy (non-hydrogen) atoms. The van der Waals surface area contributed by atoms with Crippen LogP contribution in [0.5, 0.6) is 0 Å². The first-order chi connectivity index (χ1) is 8.10. The number of aryl methyl sites for hydroxylation is 1. The topological polar surface area (TPSA) is 67.2 Å². The summed E-state index contributed by atoms with van der Waals surface area (Å²) in [6, 6.07) is 0.0423. The van der Waals surface area contributed by atoms with Crippen molar-refractivity contribution in [3.8, 4) is 0 Å². The quantitative estimate of drug-likeness (QED) is 0.812. The molecule has 0 aliphatic heterocycles. The third-order valence-corrected chi connectivity index (χ3v) is 2.75. The van der Waals surface area contributed by atoms with Crippen molar-refractivity contribution in [2.24, 2.45) is 0 Å². The van der Waals surface area contributed by atoms with Crippen molar-refractivity contribution in [1.82, 2.24) is 9.78 Å². The zero-order valence-electron chi connectivity index (χ0n) is 10.1. The van der Waals surface area contributed by atoms with Gasteiger partial charge in [-0.05, 0) is 19.8 Å². The van der Waals surface area contributed by atoms with Gasteiger partial charge >= 0.3 is 0 Å². The molecule has 0 radical (unpaired) electrons. The van der Waals surface area contributed by atoms with E-state index < -0.39 is 0 Å². The molecule has 0 saturated heterocycles. The number of aliphatic hydroxyl groups excluding tert-OH is 1. The lowest BCUT2D eigenvalue weighted by Gasteiger charge is -2.15. The number of anilines is 1. The normalized spacial score (nSPS) is 12.5. The number of hydrogen-bond acceptors (Lipinski definition) is 4. The Morgan fingerprint density at radius 2 is 2.35 bits per heavy atom. The van der Waals surface area contributed by atoms with Gasteiger partial charge in [-0.25, -0.2) is 4.68 Å². The molecule has 1 heterocycles. The van der Waals surface area contributed by atoms with Crippen LogP contribution in [-0.4, -0.2) is 27.5 Å². The summed E-state index contributed by atoms with van der Waals surface area (Å²) in [4.78, 5) is 11.8. The van der Waals surface area contributed by atoms with Crippen molar-refractivity contribution in [3.63, 3.8) is 0 Å². The fourth-order valence-electron chi connectivity index (χ4n) is 1.47. The van der Waals surface area contributed by atoms with E-state index in [9.17, 15) is 4.79 Å². The van der Waals surface area contributed by atoms with Crippen molar-refractivity contribution in [1.29, 1.82) is 0 Å². The van der Waals surface area contributed by atoms with Gasteiger partial charge in [0.2, 0.25) is 0 Å². The second-order valence-corrected chi connectivity index (χ2v) is 4.34. The molecule has 1 aromatic rings. The maximum absolute atomic E-state index is 11.8. The average Bonchev–Trinajstić information content (AvgIpc) is 2.29. The highest BCUT2D eigenvalue weighted by Gasteiger charge is 2.10. The smallest absolute Gasteiger partial charge is 0.287 e. The average molecular weight is 260 g/mol. The molecule has 0 saturated carbocycles. The maximum Gasteiger partial charge on any atom is 0.287 e. The number of hydrogen-bond donors (Lipinski definition) is 2. The molecule has 1 unspecified atom stereocenters. The number of rotatable bonds is 6. The van der Waals surface area contributed by atoms with Crippen LogP contribution in [-0.2, 0) is 6.54 Å². The van der Waals surface area contributed by atoms with Crippen LogP contribution >= 0.6 is 11.6 Å². The Morgan fingerprint density at radius 1 is 1.65 bits per heavy atom. The molecule has 1 aromatic heterocycles. The molecule has 96 valence electrons. The maximum atomic E-state index is 11.8. The Labute approximate surface area is 105 Å². The lowest BCUT2D eigenvalue weighted by Crippen LogP contribution is -2.26. The molecule has 0 amide bonds. The fraction of sp³-hybridized carbons (Fsp3) is 0.636. The number of aliphatic hydroxyl groups is 1. The van der Waals surface area contributed by atoms with Crippen molar-refractivity contribution in [2.45, 2.75) is 39.3 Å².